The number of anilines is 2. The summed E-state index contributed by atoms with van der Waals surface area (Å²) in [5, 5.41) is 7.43. The SMILES string of the molecule is CC(/C=C(/C)Nc1c(C(C)C)cccc1C(C)C)=Nc1c(C(C)C)cccc1C(C)C.CC(/C=C(/C)Nc1c(C(C)C)cccc1C(C)C)=Nc1c(C(C)C)cccc1C(C)C. The Labute approximate surface area is 380 Å². The molecule has 4 aromatic carbocycles. The largest absolute Gasteiger partial charge is 0.359 e. The van der Waals surface area contributed by atoms with Crippen molar-refractivity contribution in [3.63, 3.8) is 0 Å². The topological polar surface area (TPSA) is 48.8 Å². The van der Waals surface area contributed by atoms with Crippen LogP contribution in [0.3, 0.4) is 0 Å². The summed E-state index contributed by atoms with van der Waals surface area (Å²) in [6, 6.07) is 26.5. The van der Waals surface area contributed by atoms with Crippen molar-refractivity contribution < 1.29 is 0 Å². The normalized spacial score (nSPS) is 13.1. The molecule has 0 saturated heterocycles. The van der Waals surface area contributed by atoms with E-state index in [1.54, 1.807) is 0 Å². The molecule has 0 atom stereocenters. The van der Waals surface area contributed by atoms with Crippen LogP contribution in [0, 0.1) is 0 Å². The number of allylic oxidation sites excluding steroid dienone is 4. The van der Waals surface area contributed by atoms with E-state index in [9.17, 15) is 0 Å². The molecule has 0 heterocycles. The Morgan fingerprint density at radius 2 is 0.532 bits per heavy atom. The van der Waals surface area contributed by atoms with Gasteiger partial charge in [0.1, 0.15) is 0 Å². The third-order valence-corrected chi connectivity index (χ3v) is 11.5. The predicted molar refractivity (Wildman–Crippen MR) is 279 cm³/mol. The van der Waals surface area contributed by atoms with Gasteiger partial charge in [-0.15, -0.1) is 0 Å². The third-order valence-electron chi connectivity index (χ3n) is 11.5. The number of benzene rings is 4. The second-order valence-corrected chi connectivity index (χ2v) is 19.8. The Hall–Kier alpha value is -4.70. The zero-order chi connectivity index (χ0) is 46.6. The molecule has 0 saturated carbocycles. The average Bonchev–Trinajstić information content (AvgIpc) is 3.17. The van der Waals surface area contributed by atoms with Crippen LogP contribution in [0.4, 0.5) is 22.7 Å². The van der Waals surface area contributed by atoms with Crippen molar-refractivity contribution in [2.45, 2.75) is 186 Å². The maximum atomic E-state index is 5.10. The molecule has 4 aromatic rings. The number of nitrogens with one attached hydrogen (secondary N) is 2. The van der Waals surface area contributed by atoms with Gasteiger partial charge in [0.2, 0.25) is 0 Å². The lowest BCUT2D eigenvalue weighted by molar-refractivity contribution is 0.834. The number of nitrogens with zero attached hydrogens (tertiary/aromatic N) is 2. The fourth-order valence-electron chi connectivity index (χ4n) is 8.18. The molecule has 0 bridgehead atoms. The molecule has 2 N–H and O–H groups in total. The van der Waals surface area contributed by atoms with Crippen molar-refractivity contribution >= 4 is 34.2 Å². The van der Waals surface area contributed by atoms with Crippen molar-refractivity contribution in [2.24, 2.45) is 9.98 Å². The molecule has 0 fully saturated rings. The van der Waals surface area contributed by atoms with Crippen LogP contribution in [-0.2, 0) is 0 Å². The van der Waals surface area contributed by atoms with Gasteiger partial charge >= 0.3 is 0 Å². The lowest BCUT2D eigenvalue weighted by atomic mass is 9.92. The summed E-state index contributed by atoms with van der Waals surface area (Å²) in [5.74, 6) is 3.65. The fourth-order valence-corrected chi connectivity index (χ4v) is 8.18. The van der Waals surface area contributed by atoms with Crippen molar-refractivity contribution in [3.8, 4) is 0 Å². The van der Waals surface area contributed by atoms with E-state index >= 15 is 0 Å². The Bertz CT molecular complexity index is 1940. The molecule has 4 nitrogen and oxygen atoms in total. The Morgan fingerprint density at radius 1 is 0.339 bits per heavy atom. The highest BCUT2D eigenvalue weighted by Gasteiger charge is 2.18. The molecule has 0 amide bonds. The van der Waals surface area contributed by atoms with E-state index in [4.69, 9.17) is 9.98 Å². The van der Waals surface area contributed by atoms with E-state index < -0.39 is 0 Å². The van der Waals surface area contributed by atoms with Crippen LogP contribution >= 0.6 is 0 Å². The molecular weight excluding hydrogens is 753 g/mol. The monoisotopic (exact) mass is 837 g/mol. The van der Waals surface area contributed by atoms with Gasteiger partial charge in [0, 0.05) is 34.2 Å². The highest BCUT2D eigenvalue weighted by atomic mass is 14.9. The first kappa shape index (κ1) is 51.6. The quantitative estimate of drug-likeness (QED) is 0.110. The molecule has 62 heavy (non-hydrogen) atoms. The van der Waals surface area contributed by atoms with Gasteiger partial charge in [-0.1, -0.05) is 184 Å². The van der Waals surface area contributed by atoms with Crippen LogP contribution in [0.2, 0.25) is 0 Å². The Kier molecular flexibility index (Phi) is 19.7. The second kappa shape index (κ2) is 23.7. The predicted octanol–water partition coefficient (Wildman–Crippen LogP) is 18.6. The summed E-state index contributed by atoms with van der Waals surface area (Å²) >= 11 is 0. The highest BCUT2D eigenvalue weighted by Crippen LogP contribution is 2.38. The summed E-state index contributed by atoms with van der Waals surface area (Å²) in [6.07, 6.45) is 4.34. The van der Waals surface area contributed by atoms with Crippen molar-refractivity contribution in [3.05, 3.63) is 141 Å². The molecule has 0 unspecified atom stereocenters. The summed E-state index contributed by atoms with van der Waals surface area (Å²) in [5.41, 5.74) is 19.8. The Balaban J connectivity index is 0.000000330. The van der Waals surface area contributed by atoms with E-state index in [2.05, 4.69) is 234 Å². The van der Waals surface area contributed by atoms with Gasteiger partial charge < -0.3 is 10.6 Å². The first-order valence-corrected chi connectivity index (χ1v) is 23.6. The maximum absolute atomic E-state index is 5.10. The van der Waals surface area contributed by atoms with Gasteiger partial charge in [0.25, 0.3) is 0 Å². The van der Waals surface area contributed by atoms with Crippen LogP contribution in [-0.4, -0.2) is 11.4 Å². The minimum atomic E-state index is 0.444. The molecule has 0 aliphatic carbocycles. The van der Waals surface area contributed by atoms with Crippen LogP contribution in [0.5, 0.6) is 0 Å². The smallest absolute Gasteiger partial charge is 0.0701 e. The zero-order valence-electron chi connectivity index (χ0n) is 42.6. The van der Waals surface area contributed by atoms with Crippen LogP contribution in [0.25, 0.3) is 0 Å². The number of para-hydroxylation sites is 4. The van der Waals surface area contributed by atoms with Gasteiger partial charge in [-0.05, 0) is 132 Å². The molecule has 4 heteroatoms. The summed E-state index contributed by atoms with van der Waals surface area (Å²) in [4.78, 5) is 10.2. The molecule has 0 aliphatic rings. The lowest BCUT2D eigenvalue weighted by Crippen LogP contribution is -2.07. The van der Waals surface area contributed by atoms with Crippen molar-refractivity contribution in [2.75, 3.05) is 10.6 Å². The van der Waals surface area contributed by atoms with Gasteiger partial charge in [-0.25, -0.2) is 0 Å². The molecule has 0 aliphatic heterocycles. The highest BCUT2D eigenvalue weighted by molar-refractivity contribution is 5.97. The summed E-state index contributed by atoms with van der Waals surface area (Å²) in [7, 11) is 0. The molecule has 0 aromatic heterocycles. The zero-order valence-corrected chi connectivity index (χ0v) is 42.6. The minimum absolute atomic E-state index is 0.444. The first-order valence-electron chi connectivity index (χ1n) is 23.6. The number of rotatable bonds is 16. The van der Waals surface area contributed by atoms with E-state index in [-0.39, 0.29) is 0 Å². The molecule has 336 valence electrons. The van der Waals surface area contributed by atoms with Gasteiger partial charge in [-0.3, -0.25) is 9.98 Å². The summed E-state index contributed by atoms with van der Waals surface area (Å²) in [6.45, 7) is 44.5. The first-order chi connectivity index (χ1) is 29.0. The second-order valence-electron chi connectivity index (χ2n) is 19.8. The molecule has 4 rings (SSSR count). The van der Waals surface area contributed by atoms with E-state index in [1.807, 2.05) is 0 Å². The Morgan fingerprint density at radius 3 is 0.726 bits per heavy atom. The van der Waals surface area contributed by atoms with Crippen molar-refractivity contribution in [1.82, 2.24) is 0 Å². The van der Waals surface area contributed by atoms with Gasteiger partial charge in [0.05, 0.1) is 11.4 Å². The van der Waals surface area contributed by atoms with E-state index in [1.165, 1.54) is 55.9 Å². The van der Waals surface area contributed by atoms with E-state index in [0.717, 1.165) is 34.2 Å². The molecule has 0 spiro atoms. The molecular formula is C58H84N4. The van der Waals surface area contributed by atoms with Crippen LogP contribution < -0.4 is 10.6 Å². The van der Waals surface area contributed by atoms with Crippen LogP contribution in [0.15, 0.2) is 106 Å². The summed E-state index contributed by atoms with van der Waals surface area (Å²) < 4.78 is 0. The van der Waals surface area contributed by atoms with Crippen LogP contribution in [0.1, 0.15) is 230 Å². The third kappa shape index (κ3) is 14.2. The number of aliphatic imine (C=N–C) groups is 2. The van der Waals surface area contributed by atoms with Crippen molar-refractivity contribution in [1.29, 1.82) is 0 Å². The van der Waals surface area contributed by atoms with Gasteiger partial charge in [-0.2, -0.15) is 0 Å². The average molecular weight is 837 g/mol. The standard InChI is InChI=1S/2C29H42N2/c2*1-18(2)24-13-11-14-25(19(3)4)28(24)30-22(9)17-23(10)31-29-26(20(5)6)15-12-16-27(29)21(7)8/h2*11-21,30H,1-10H3/b2*22-17-,31-23?. The lowest BCUT2D eigenvalue weighted by Gasteiger charge is -2.21. The minimum Gasteiger partial charge on any atom is -0.359 e. The van der Waals surface area contributed by atoms with Gasteiger partial charge in [0.15, 0.2) is 0 Å². The maximum Gasteiger partial charge on any atom is 0.0701 e. The van der Waals surface area contributed by atoms with E-state index in [0.29, 0.717) is 47.3 Å². The number of hydrogen-bond donors (Lipinski definition) is 2. The molecule has 0 radical (unpaired) electrons. The number of hydrogen-bond acceptors (Lipinski definition) is 4. The fraction of sp³-hybridized carbons (Fsp3) is 0.483.